The number of sulfonamides is 1. The normalized spacial score (nSPS) is 19.8. The van der Waals surface area contributed by atoms with Gasteiger partial charge in [-0.15, -0.1) is 0 Å². The van der Waals surface area contributed by atoms with E-state index < -0.39 is 14.9 Å². The molecule has 120 valence electrons. The van der Waals surface area contributed by atoms with Crippen molar-refractivity contribution >= 4 is 21.4 Å². The molecule has 1 heterocycles. The fourth-order valence-electron chi connectivity index (χ4n) is 2.33. The first-order valence-corrected chi connectivity index (χ1v) is 8.55. The summed E-state index contributed by atoms with van der Waals surface area (Å²) in [4.78, 5) is 10.3. The summed E-state index contributed by atoms with van der Waals surface area (Å²) in [5.41, 5.74) is 0.202. The van der Waals surface area contributed by atoms with Crippen molar-refractivity contribution in [2.45, 2.75) is 23.8 Å². The van der Waals surface area contributed by atoms with Gasteiger partial charge in [0.2, 0.25) is 10.0 Å². The maximum absolute atomic E-state index is 12.8. The number of anilines is 1. The first-order chi connectivity index (χ1) is 10.5. The summed E-state index contributed by atoms with van der Waals surface area (Å²) >= 11 is 0. The molecule has 8 nitrogen and oxygen atoms in total. The molecule has 2 aliphatic rings. The summed E-state index contributed by atoms with van der Waals surface area (Å²) < 4.78 is 32.1. The molecule has 9 heteroatoms. The van der Waals surface area contributed by atoms with E-state index in [0.717, 1.165) is 18.9 Å². The molecule has 1 aromatic carbocycles. The first-order valence-electron chi connectivity index (χ1n) is 7.11. The number of rotatable bonds is 5. The van der Waals surface area contributed by atoms with Crippen LogP contribution in [0.15, 0.2) is 23.1 Å². The van der Waals surface area contributed by atoms with E-state index in [1.807, 2.05) is 0 Å². The number of nitro benzene ring substituents is 1. The smallest absolute Gasteiger partial charge is 0.270 e. The molecule has 2 fully saturated rings. The van der Waals surface area contributed by atoms with Crippen molar-refractivity contribution in [1.29, 1.82) is 0 Å². The largest absolute Gasteiger partial charge is 0.381 e. The van der Waals surface area contributed by atoms with Crippen LogP contribution in [-0.2, 0) is 14.8 Å². The fraction of sp³-hybridized carbons (Fsp3) is 0.538. The molecule has 0 unspecified atom stereocenters. The molecule has 0 radical (unpaired) electrons. The molecule has 1 saturated heterocycles. The Morgan fingerprint density at radius 3 is 2.55 bits per heavy atom. The van der Waals surface area contributed by atoms with Gasteiger partial charge in [-0.1, -0.05) is 0 Å². The molecule has 1 aliphatic heterocycles. The Morgan fingerprint density at radius 2 is 1.95 bits per heavy atom. The highest BCUT2D eigenvalue weighted by molar-refractivity contribution is 7.89. The van der Waals surface area contributed by atoms with Crippen LogP contribution in [-0.4, -0.2) is 50.0 Å². The Bertz CT molecular complexity index is 681. The lowest BCUT2D eigenvalue weighted by atomic mass is 10.3. The number of hydrogen-bond acceptors (Lipinski definition) is 6. The second-order valence-electron chi connectivity index (χ2n) is 5.37. The Hall–Kier alpha value is -1.71. The summed E-state index contributed by atoms with van der Waals surface area (Å²) in [6.45, 7) is 1.18. The van der Waals surface area contributed by atoms with Crippen LogP contribution in [0.4, 0.5) is 11.4 Å². The zero-order chi connectivity index (χ0) is 15.7. The van der Waals surface area contributed by atoms with Gasteiger partial charge < -0.3 is 10.1 Å². The van der Waals surface area contributed by atoms with Gasteiger partial charge in [0.05, 0.1) is 23.8 Å². The van der Waals surface area contributed by atoms with E-state index in [0.29, 0.717) is 18.9 Å². The third-order valence-corrected chi connectivity index (χ3v) is 5.64. The molecule has 1 N–H and O–H groups in total. The molecule has 0 aromatic heterocycles. The predicted molar refractivity (Wildman–Crippen MR) is 79.3 cm³/mol. The average molecular weight is 327 g/mol. The van der Waals surface area contributed by atoms with Crippen molar-refractivity contribution in [2.75, 3.05) is 31.6 Å². The van der Waals surface area contributed by atoms with Gasteiger partial charge in [-0.25, -0.2) is 8.42 Å². The van der Waals surface area contributed by atoms with Crippen molar-refractivity contribution in [2.24, 2.45) is 0 Å². The summed E-state index contributed by atoms with van der Waals surface area (Å²) in [6, 6.07) is 4.18. The lowest BCUT2D eigenvalue weighted by molar-refractivity contribution is -0.385. The second kappa shape index (κ2) is 5.82. The van der Waals surface area contributed by atoms with Gasteiger partial charge in [0.15, 0.2) is 0 Å². The first kappa shape index (κ1) is 15.2. The third-order valence-electron chi connectivity index (χ3n) is 3.70. The highest BCUT2D eigenvalue weighted by Crippen LogP contribution is 2.33. The third kappa shape index (κ3) is 3.06. The number of nitrogens with zero attached hydrogens (tertiary/aromatic N) is 2. The highest BCUT2D eigenvalue weighted by atomic mass is 32.2. The van der Waals surface area contributed by atoms with E-state index in [1.165, 1.54) is 16.4 Å². The SMILES string of the molecule is O=[N+]([O-])c1ccc(NC2CC2)c(S(=O)(=O)N2CCOCC2)c1. The Balaban J connectivity index is 2.00. The molecule has 1 aliphatic carbocycles. The van der Waals surface area contributed by atoms with Crippen LogP contribution >= 0.6 is 0 Å². The number of hydrogen-bond donors (Lipinski definition) is 1. The van der Waals surface area contributed by atoms with Crippen LogP contribution in [0.5, 0.6) is 0 Å². The summed E-state index contributed by atoms with van der Waals surface area (Å²) in [5, 5.41) is 14.1. The molecule has 0 atom stereocenters. The number of benzene rings is 1. The lowest BCUT2D eigenvalue weighted by Crippen LogP contribution is -2.40. The molecule has 1 aromatic rings. The summed E-state index contributed by atoms with van der Waals surface area (Å²) in [6.07, 6.45) is 1.96. The minimum Gasteiger partial charge on any atom is -0.381 e. The zero-order valence-electron chi connectivity index (χ0n) is 11.9. The van der Waals surface area contributed by atoms with Crippen molar-refractivity contribution in [3.8, 4) is 0 Å². The fourth-order valence-corrected chi connectivity index (χ4v) is 3.91. The molecular formula is C13H17N3O5S. The molecular weight excluding hydrogens is 310 g/mol. The van der Waals surface area contributed by atoms with Gasteiger partial charge in [-0.3, -0.25) is 10.1 Å². The van der Waals surface area contributed by atoms with Gasteiger partial charge in [0, 0.05) is 31.3 Å². The highest BCUT2D eigenvalue weighted by Gasteiger charge is 2.32. The number of ether oxygens (including phenoxy) is 1. The molecule has 3 rings (SSSR count). The van der Waals surface area contributed by atoms with Crippen molar-refractivity contribution in [3.05, 3.63) is 28.3 Å². The van der Waals surface area contributed by atoms with Crippen molar-refractivity contribution in [1.82, 2.24) is 4.31 Å². The quantitative estimate of drug-likeness (QED) is 0.644. The minimum absolute atomic E-state index is 0.0319. The van der Waals surface area contributed by atoms with Crippen molar-refractivity contribution in [3.63, 3.8) is 0 Å². The molecule has 0 spiro atoms. The van der Waals surface area contributed by atoms with E-state index in [4.69, 9.17) is 4.74 Å². The number of non-ortho nitro benzene ring substituents is 1. The van der Waals surface area contributed by atoms with Crippen LogP contribution in [0, 0.1) is 10.1 Å². The van der Waals surface area contributed by atoms with Crippen LogP contribution in [0.2, 0.25) is 0 Å². The maximum Gasteiger partial charge on any atom is 0.270 e. The average Bonchev–Trinajstić information content (AvgIpc) is 3.32. The number of nitrogens with one attached hydrogen (secondary N) is 1. The second-order valence-corrected chi connectivity index (χ2v) is 7.28. The standard InChI is InChI=1S/C13H17N3O5S/c17-16(18)11-3-4-12(14-10-1-2-10)13(9-11)22(19,20)15-5-7-21-8-6-15/h3-4,9-10,14H,1-2,5-8H2. The Labute approximate surface area is 128 Å². The van der Waals surface area contributed by atoms with Gasteiger partial charge in [0.25, 0.3) is 5.69 Å². The zero-order valence-corrected chi connectivity index (χ0v) is 12.7. The maximum atomic E-state index is 12.8. The van der Waals surface area contributed by atoms with Gasteiger partial charge in [0.1, 0.15) is 4.90 Å². The summed E-state index contributed by atoms with van der Waals surface area (Å²) in [7, 11) is -3.78. The number of morpholine rings is 1. The summed E-state index contributed by atoms with van der Waals surface area (Å²) in [5.74, 6) is 0. The predicted octanol–water partition coefficient (Wildman–Crippen LogP) is 1.19. The molecule has 0 amide bonds. The van der Waals surface area contributed by atoms with Crippen molar-refractivity contribution < 1.29 is 18.1 Å². The Kier molecular flexibility index (Phi) is 4.02. The van der Waals surface area contributed by atoms with Crippen LogP contribution < -0.4 is 5.32 Å². The van der Waals surface area contributed by atoms with E-state index in [-0.39, 0.29) is 29.7 Å². The lowest BCUT2D eigenvalue weighted by Gasteiger charge is -2.27. The van der Waals surface area contributed by atoms with E-state index in [9.17, 15) is 18.5 Å². The number of nitro groups is 1. The van der Waals surface area contributed by atoms with E-state index >= 15 is 0 Å². The topological polar surface area (TPSA) is 102 Å². The molecule has 0 bridgehead atoms. The van der Waals surface area contributed by atoms with E-state index in [2.05, 4.69) is 5.32 Å². The van der Waals surface area contributed by atoms with Gasteiger partial charge >= 0.3 is 0 Å². The van der Waals surface area contributed by atoms with Gasteiger partial charge in [-0.05, 0) is 18.9 Å². The van der Waals surface area contributed by atoms with E-state index in [1.54, 1.807) is 0 Å². The molecule has 1 saturated carbocycles. The van der Waals surface area contributed by atoms with Crippen LogP contribution in [0.3, 0.4) is 0 Å². The van der Waals surface area contributed by atoms with Gasteiger partial charge in [-0.2, -0.15) is 4.31 Å². The van der Waals surface area contributed by atoms with Crippen LogP contribution in [0.25, 0.3) is 0 Å². The Morgan fingerprint density at radius 1 is 1.27 bits per heavy atom. The van der Waals surface area contributed by atoms with Crippen LogP contribution in [0.1, 0.15) is 12.8 Å². The molecule has 22 heavy (non-hydrogen) atoms. The minimum atomic E-state index is -3.78. The monoisotopic (exact) mass is 327 g/mol.